The number of benzene rings is 1. The van der Waals surface area contributed by atoms with Crippen molar-refractivity contribution in [2.75, 3.05) is 20.3 Å². The molecule has 2 heterocycles. The van der Waals surface area contributed by atoms with Gasteiger partial charge in [0.25, 0.3) is 0 Å². The summed E-state index contributed by atoms with van der Waals surface area (Å²) < 4.78 is 10.8. The molecule has 1 aromatic heterocycles. The van der Waals surface area contributed by atoms with Crippen molar-refractivity contribution in [1.82, 2.24) is 20.4 Å². The van der Waals surface area contributed by atoms with Crippen molar-refractivity contribution in [3.63, 3.8) is 0 Å². The zero-order valence-electron chi connectivity index (χ0n) is 16.0. The third-order valence-electron chi connectivity index (χ3n) is 5.29. The van der Waals surface area contributed by atoms with Crippen LogP contribution in [0, 0.1) is 22.8 Å². The van der Waals surface area contributed by atoms with Gasteiger partial charge in [0.1, 0.15) is 0 Å². The van der Waals surface area contributed by atoms with Crippen LogP contribution in [0.3, 0.4) is 0 Å². The highest BCUT2D eigenvalue weighted by Crippen LogP contribution is 2.44. The number of methoxy groups -OCH3 is 1. The van der Waals surface area contributed by atoms with Gasteiger partial charge in [-0.2, -0.15) is 10.5 Å². The number of carbonyl (C=O) groups is 1. The molecule has 1 saturated heterocycles. The zero-order valence-corrected chi connectivity index (χ0v) is 16.0. The Morgan fingerprint density at radius 1 is 1.38 bits per heavy atom. The third-order valence-corrected chi connectivity index (χ3v) is 5.29. The molecule has 1 amide bonds. The topological polar surface area (TPSA) is 128 Å². The van der Waals surface area contributed by atoms with Crippen LogP contribution >= 0.6 is 0 Å². The summed E-state index contributed by atoms with van der Waals surface area (Å²) in [6.07, 6.45) is 4.89. The molecule has 0 radical (unpaired) electrons. The molecule has 9 heteroatoms. The van der Waals surface area contributed by atoms with Crippen LogP contribution in [0.1, 0.15) is 47.0 Å². The Kier molecular flexibility index (Phi) is 5.15. The van der Waals surface area contributed by atoms with Gasteiger partial charge in [-0.25, -0.2) is 0 Å². The molecule has 1 aliphatic carbocycles. The van der Waals surface area contributed by atoms with Gasteiger partial charge in [0.2, 0.25) is 5.89 Å². The van der Waals surface area contributed by atoms with Gasteiger partial charge in [0.05, 0.1) is 24.3 Å². The number of aromatic nitrogens is 2. The van der Waals surface area contributed by atoms with E-state index in [0.29, 0.717) is 36.6 Å². The Morgan fingerprint density at radius 3 is 2.90 bits per heavy atom. The summed E-state index contributed by atoms with van der Waals surface area (Å²) in [5.74, 6) is 0.0449. The molecule has 1 aliphatic heterocycles. The summed E-state index contributed by atoms with van der Waals surface area (Å²) in [6.45, 7) is 0.830. The molecule has 1 aromatic carbocycles. The summed E-state index contributed by atoms with van der Waals surface area (Å²) in [7, 11) is 1.58. The maximum atomic E-state index is 12.6. The van der Waals surface area contributed by atoms with E-state index < -0.39 is 5.91 Å². The number of carbonyl (C=O) groups excluding carboxylic acids is 1. The lowest BCUT2D eigenvalue weighted by atomic mass is 10.0. The summed E-state index contributed by atoms with van der Waals surface area (Å²) in [5.41, 5.74) is 2.26. The van der Waals surface area contributed by atoms with Crippen LogP contribution in [0.25, 0.3) is 11.5 Å². The van der Waals surface area contributed by atoms with Crippen molar-refractivity contribution in [1.29, 1.82) is 10.5 Å². The van der Waals surface area contributed by atoms with Gasteiger partial charge in [0, 0.05) is 25.3 Å². The molecule has 0 spiro atoms. The molecule has 1 saturated carbocycles. The van der Waals surface area contributed by atoms with Gasteiger partial charge < -0.3 is 19.4 Å². The van der Waals surface area contributed by atoms with E-state index in [0.717, 1.165) is 18.4 Å². The van der Waals surface area contributed by atoms with Gasteiger partial charge in [0.15, 0.2) is 6.19 Å². The van der Waals surface area contributed by atoms with E-state index >= 15 is 0 Å². The normalized spacial score (nSPS) is 20.9. The van der Waals surface area contributed by atoms with Gasteiger partial charge in [-0.1, -0.05) is 6.07 Å². The molecule has 2 aromatic rings. The van der Waals surface area contributed by atoms with E-state index in [1.54, 1.807) is 24.1 Å². The number of hydrogen-bond acceptors (Lipinski definition) is 8. The zero-order chi connectivity index (χ0) is 20.4. The van der Waals surface area contributed by atoms with Crippen molar-refractivity contribution in [2.24, 2.45) is 0 Å². The number of nitrogens with zero attached hydrogens (tertiary/aromatic N) is 5. The molecule has 148 valence electrons. The predicted molar refractivity (Wildman–Crippen MR) is 100 cm³/mol. The number of ether oxygens (including phenoxy) is 1. The molecule has 2 aliphatic rings. The van der Waals surface area contributed by atoms with Crippen LogP contribution < -0.4 is 5.32 Å². The molecular formula is C20H20N6O3. The number of hydrogen-bond donors (Lipinski definition) is 1. The molecule has 0 bridgehead atoms. The van der Waals surface area contributed by atoms with Crippen molar-refractivity contribution in [2.45, 2.75) is 37.3 Å². The highest BCUT2D eigenvalue weighted by molar-refractivity contribution is 5.90. The van der Waals surface area contributed by atoms with Crippen LogP contribution in [0.5, 0.6) is 0 Å². The molecule has 2 fully saturated rings. The molecule has 2 atom stereocenters. The van der Waals surface area contributed by atoms with Crippen molar-refractivity contribution >= 4 is 5.91 Å². The second-order valence-corrected chi connectivity index (χ2v) is 7.37. The van der Waals surface area contributed by atoms with Crippen LogP contribution in [-0.2, 0) is 4.74 Å². The van der Waals surface area contributed by atoms with E-state index in [9.17, 15) is 15.3 Å². The lowest BCUT2D eigenvalue weighted by Gasteiger charge is -2.15. The molecule has 29 heavy (non-hydrogen) atoms. The summed E-state index contributed by atoms with van der Waals surface area (Å²) in [4.78, 5) is 14.2. The fourth-order valence-electron chi connectivity index (χ4n) is 3.73. The standard InChI is InChI=1S/C20H20N6O3/c1-28-10-15-7-14(9-26(15)11-22)23-18(27)20-25-24-19(29-20)17-6-12(8-21)2-5-16(17)13-3-4-13/h2,5-6,13-15H,3-4,7,9-10H2,1H3,(H,23,27)/t14-,15+/m1/s1. The third kappa shape index (κ3) is 3.91. The van der Waals surface area contributed by atoms with E-state index in [2.05, 4.69) is 27.8 Å². The van der Waals surface area contributed by atoms with E-state index in [-0.39, 0.29) is 23.9 Å². The second-order valence-electron chi connectivity index (χ2n) is 7.37. The minimum Gasteiger partial charge on any atom is -0.412 e. The fraction of sp³-hybridized carbons (Fsp3) is 0.450. The Balaban J connectivity index is 1.49. The van der Waals surface area contributed by atoms with E-state index in [1.807, 2.05) is 6.07 Å². The number of amides is 1. The fourth-order valence-corrected chi connectivity index (χ4v) is 3.73. The van der Waals surface area contributed by atoms with Crippen LogP contribution in [-0.4, -0.2) is 53.3 Å². The minimum absolute atomic E-state index is 0.0663. The molecule has 0 unspecified atom stereocenters. The highest BCUT2D eigenvalue weighted by atomic mass is 16.5. The minimum atomic E-state index is -0.478. The monoisotopic (exact) mass is 392 g/mol. The maximum absolute atomic E-state index is 12.6. The number of likely N-dealkylation sites (tertiary alicyclic amines) is 1. The average Bonchev–Trinajstić information content (AvgIpc) is 3.32. The number of nitriles is 2. The summed E-state index contributed by atoms with van der Waals surface area (Å²) >= 11 is 0. The van der Waals surface area contributed by atoms with Gasteiger partial charge in [-0.3, -0.25) is 4.79 Å². The Labute approximate surface area is 167 Å². The van der Waals surface area contributed by atoms with Crippen molar-refractivity contribution in [3.05, 3.63) is 35.2 Å². The predicted octanol–water partition coefficient (Wildman–Crippen LogP) is 1.79. The van der Waals surface area contributed by atoms with Crippen molar-refractivity contribution < 1.29 is 13.9 Å². The van der Waals surface area contributed by atoms with Gasteiger partial charge >= 0.3 is 11.8 Å². The molecule has 1 N–H and O–H groups in total. The lowest BCUT2D eigenvalue weighted by molar-refractivity contribution is 0.0904. The maximum Gasteiger partial charge on any atom is 0.309 e. The number of rotatable bonds is 6. The quantitative estimate of drug-likeness (QED) is 0.737. The van der Waals surface area contributed by atoms with E-state index in [1.165, 1.54) is 0 Å². The first-order chi connectivity index (χ1) is 14.1. The van der Waals surface area contributed by atoms with Gasteiger partial charge in [-0.05, 0) is 42.9 Å². The summed E-state index contributed by atoms with van der Waals surface area (Å²) in [6, 6.07) is 7.26. The SMILES string of the molecule is COC[C@@H]1C[C@@H](NC(=O)c2nnc(-c3cc(C#N)ccc3C3CC3)o2)CN1C#N. The Morgan fingerprint density at radius 2 is 2.21 bits per heavy atom. The average molecular weight is 392 g/mol. The largest absolute Gasteiger partial charge is 0.412 e. The van der Waals surface area contributed by atoms with E-state index in [4.69, 9.17) is 9.15 Å². The molecule has 9 nitrogen and oxygen atoms in total. The Hall–Kier alpha value is -3.43. The molecule has 4 rings (SSSR count). The highest BCUT2D eigenvalue weighted by Gasteiger charge is 2.34. The van der Waals surface area contributed by atoms with Crippen molar-refractivity contribution in [3.8, 4) is 23.7 Å². The lowest BCUT2D eigenvalue weighted by Crippen LogP contribution is -2.36. The Bertz CT molecular complexity index is 1000. The van der Waals surface area contributed by atoms with Crippen LogP contribution in [0.15, 0.2) is 22.6 Å². The van der Waals surface area contributed by atoms with Crippen LogP contribution in [0.4, 0.5) is 0 Å². The second kappa shape index (κ2) is 7.90. The molecular weight excluding hydrogens is 372 g/mol. The first-order valence-corrected chi connectivity index (χ1v) is 9.47. The number of nitrogens with one attached hydrogen (secondary N) is 1. The first-order valence-electron chi connectivity index (χ1n) is 9.47. The van der Waals surface area contributed by atoms with Crippen LogP contribution in [0.2, 0.25) is 0 Å². The smallest absolute Gasteiger partial charge is 0.309 e. The first kappa shape index (κ1) is 18.9. The summed E-state index contributed by atoms with van der Waals surface area (Å²) in [5, 5.41) is 29.2. The van der Waals surface area contributed by atoms with Gasteiger partial charge in [-0.15, -0.1) is 10.2 Å².